The number of hydrogen-bond donors (Lipinski definition) is 3. The molecule has 1 aliphatic rings. The maximum absolute atomic E-state index is 10.3. The van der Waals surface area contributed by atoms with Gasteiger partial charge in [0.25, 0.3) is 0 Å². The minimum atomic E-state index is -0.631. The summed E-state index contributed by atoms with van der Waals surface area (Å²) in [5.74, 6) is 1.62. The van der Waals surface area contributed by atoms with Gasteiger partial charge in [0.1, 0.15) is 11.9 Å². The van der Waals surface area contributed by atoms with Crippen LogP contribution in [0, 0.1) is 0 Å². The molecule has 2 aromatic heterocycles. The van der Waals surface area contributed by atoms with Crippen molar-refractivity contribution in [3.8, 4) is 0 Å². The standard InChI is InChI=1S/C20H28ClN5O2S.HI/c1-3-22-20(25-12-16(27)17-5-6-18(21)29-17)24-11-15-4-7-19(23-10-15)26-8-9-28-14(2)13-26;/h4-7,10,14,16,27H,3,8-9,11-13H2,1-2H3,(H2,22,24,25);1H. The highest BCUT2D eigenvalue weighted by Gasteiger charge is 2.17. The number of rotatable bonds is 7. The quantitative estimate of drug-likeness (QED) is 0.271. The zero-order valence-electron chi connectivity index (χ0n) is 17.2. The highest BCUT2D eigenvalue weighted by molar-refractivity contribution is 14.0. The molecule has 0 amide bonds. The van der Waals surface area contributed by atoms with E-state index in [1.165, 1.54) is 11.3 Å². The van der Waals surface area contributed by atoms with Crippen molar-refractivity contribution in [3.63, 3.8) is 0 Å². The van der Waals surface area contributed by atoms with Crippen molar-refractivity contribution in [1.82, 2.24) is 15.6 Å². The molecule has 0 saturated carbocycles. The van der Waals surface area contributed by atoms with Crippen LogP contribution in [-0.2, 0) is 11.3 Å². The number of guanidine groups is 1. The predicted octanol–water partition coefficient (Wildman–Crippen LogP) is 3.43. The van der Waals surface area contributed by atoms with E-state index in [9.17, 15) is 5.11 Å². The van der Waals surface area contributed by atoms with Gasteiger partial charge in [-0.05, 0) is 37.6 Å². The number of aliphatic imine (C=N–C) groups is 1. The van der Waals surface area contributed by atoms with E-state index < -0.39 is 6.10 Å². The topological polar surface area (TPSA) is 82.0 Å². The van der Waals surface area contributed by atoms with Crippen molar-refractivity contribution < 1.29 is 9.84 Å². The largest absolute Gasteiger partial charge is 0.386 e. The maximum atomic E-state index is 10.3. The summed E-state index contributed by atoms with van der Waals surface area (Å²) in [6.45, 7) is 8.13. The molecule has 0 radical (unpaired) electrons. The van der Waals surface area contributed by atoms with Crippen LogP contribution in [0.15, 0.2) is 35.5 Å². The zero-order chi connectivity index (χ0) is 20.6. The Kier molecular flexibility index (Phi) is 10.6. The number of aliphatic hydroxyl groups excluding tert-OH is 1. The average Bonchev–Trinajstić information content (AvgIpc) is 3.17. The summed E-state index contributed by atoms with van der Waals surface area (Å²) in [6, 6.07) is 7.72. The van der Waals surface area contributed by atoms with Gasteiger partial charge in [-0.2, -0.15) is 0 Å². The third-order valence-electron chi connectivity index (χ3n) is 4.52. The Bertz CT molecular complexity index is 805. The summed E-state index contributed by atoms with van der Waals surface area (Å²) in [4.78, 5) is 12.3. The first-order valence-corrected chi connectivity index (χ1v) is 11.0. The van der Waals surface area contributed by atoms with E-state index >= 15 is 0 Å². The van der Waals surface area contributed by atoms with E-state index in [4.69, 9.17) is 16.3 Å². The van der Waals surface area contributed by atoms with Crippen LogP contribution in [0.1, 0.15) is 30.4 Å². The molecule has 0 aliphatic carbocycles. The van der Waals surface area contributed by atoms with Crippen molar-refractivity contribution in [2.24, 2.45) is 4.99 Å². The molecular formula is C20H29ClIN5O2S. The maximum Gasteiger partial charge on any atom is 0.191 e. The van der Waals surface area contributed by atoms with Crippen LogP contribution >= 0.6 is 46.9 Å². The second kappa shape index (κ2) is 12.7. The van der Waals surface area contributed by atoms with Crippen LogP contribution < -0.4 is 15.5 Å². The number of aliphatic hydroxyl groups is 1. The van der Waals surface area contributed by atoms with E-state index in [2.05, 4.69) is 38.5 Å². The summed E-state index contributed by atoms with van der Waals surface area (Å²) >= 11 is 7.32. The predicted molar refractivity (Wildman–Crippen MR) is 134 cm³/mol. The first-order valence-electron chi connectivity index (χ1n) is 9.82. The first kappa shape index (κ1) is 25.1. The Labute approximate surface area is 203 Å². The molecule has 2 unspecified atom stereocenters. The molecule has 166 valence electrons. The number of anilines is 1. The highest BCUT2D eigenvalue weighted by Crippen LogP contribution is 2.26. The van der Waals surface area contributed by atoms with E-state index in [0.29, 0.717) is 23.4 Å². The second-order valence-corrected chi connectivity index (χ2v) is 8.63. The van der Waals surface area contributed by atoms with Gasteiger partial charge >= 0.3 is 0 Å². The van der Waals surface area contributed by atoms with Crippen LogP contribution in [0.5, 0.6) is 0 Å². The average molecular weight is 566 g/mol. The molecule has 7 nitrogen and oxygen atoms in total. The van der Waals surface area contributed by atoms with Crippen molar-refractivity contribution in [3.05, 3.63) is 45.2 Å². The van der Waals surface area contributed by atoms with Gasteiger partial charge in [0.05, 0.1) is 23.6 Å². The Morgan fingerprint density at radius 2 is 2.23 bits per heavy atom. The minimum Gasteiger partial charge on any atom is -0.386 e. The fraction of sp³-hybridized carbons (Fsp3) is 0.500. The van der Waals surface area contributed by atoms with Gasteiger partial charge in [0.15, 0.2) is 5.96 Å². The lowest BCUT2D eigenvalue weighted by Crippen LogP contribution is -2.41. The van der Waals surface area contributed by atoms with E-state index in [1.54, 1.807) is 6.07 Å². The number of morpholine rings is 1. The number of nitrogens with zero attached hydrogens (tertiary/aromatic N) is 3. The van der Waals surface area contributed by atoms with Crippen molar-refractivity contribution in [1.29, 1.82) is 0 Å². The fourth-order valence-corrected chi connectivity index (χ4v) is 4.08. The van der Waals surface area contributed by atoms with Gasteiger partial charge in [-0.1, -0.05) is 17.7 Å². The molecule has 3 heterocycles. The molecule has 2 aromatic rings. The van der Waals surface area contributed by atoms with Crippen LogP contribution in [0.2, 0.25) is 4.34 Å². The molecule has 1 aliphatic heterocycles. The SMILES string of the molecule is CCNC(=NCc1ccc(N2CCOC(C)C2)nc1)NCC(O)c1ccc(Cl)s1.I. The summed E-state index contributed by atoms with van der Waals surface area (Å²) in [5.41, 5.74) is 1.03. The van der Waals surface area contributed by atoms with Crippen LogP contribution in [0.3, 0.4) is 0 Å². The molecule has 0 bridgehead atoms. The summed E-state index contributed by atoms with van der Waals surface area (Å²) in [6.07, 6.45) is 1.46. The lowest BCUT2D eigenvalue weighted by atomic mass is 10.2. The lowest BCUT2D eigenvalue weighted by molar-refractivity contribution is 0.0529. The first-order chi connectivity index (χ1) is 14.0. The van der Waals surface area contributed by atoms with Gasteiger partial charge < -0.3 is 25.4 Å². The fourth-order valence-electron chi connectivity index (χ4n) is 3.04. The van der Waals surface area contributed by atoms with Crippen molar-refractivity contribution in [2.45, 2.75) is 32.6 Å². The van der Waals surface area contributed by atoms with Crippen molar-refractivity contribution >= 4 is 58.7 Å². The smallest absolute Gasteiger partial charge is 0.191 e. The summed E-state index contributed by atoms with van der Waals surface area (Å²) in [7, 11) is 0. The molecule has 3 N–H and O–H groups in total. The number of hydrogen-bond acceptors (Lipinski definition) is 6. The third-order valence-corrected chi connectivity index (χ3v) is 5.86. The molecule has 1 fully saturated rings. The number of halogens is 2. The van der Waals surface area contributed by atoms with Crippen LogP contribution in [0.25, 0.3) is 0 Å². The molecular weight excluding hydrogens is 537 g/mol. The second-order valence-electron chi connectivity index (χ2n) is 6.89. The normalized spacial score (nSPS) is 17.9. The highest BCUT2D eigenvalue weighted by atomic mass is 127. The number of nitrogens with one attached hydrogen (secondary N) is 2. The lowest BCUT2D eigenvalue weighted by Gasteiger charge is -2.32. The Morgan fingerprint density at radius 3 is 2.87 bits per heavy atom. The molecule has 1 saturated heterocycles. The van der Waals surface area contributed by atoms with E-state index in [-0.39, 0.29) is 30.1 Å². The Morgan fingerprint density at radius 1 is 1.40 bits per heavy atom. The van der Waals surface area contributed by atoms with E-state index in [1.807, 2.05) is 25.3 Å². The zero-order valence-corrected chi connectivity index (χ0v) is 21.1. The summed E-state index contributed by atoms with van der Waals surface area (Å²) < 4.78 is 6.25. The molecule has 0 aromatic carbocycles. The number of ether oxygens (including phenoxy) is 1. The Balaban J connectivity index is 0.00000320. The monoisotopic (exact) mass is 565 g/mol. The van der Waals surface area contributed by atoms with Gasteiger partial charge in [-0.15, -0.1) is 35.3 Å². The van der Waals surface area contributed by atoms with Crippen LogP contribution in [-0.4, -0.2) is 54.9 Å². The number of thiophene rings is 1. The minimum absolute atomic E-state index is 0. The van der Waals surface area contributed by atoms with Gasteiger partial charge in [-0.3, -0.25) is 0 Å². The number of pyridine rings is 1. The van der Waals surface area contributed by atoms with Gasteiger partial charge in [-0.25, -0.2) is 9.98 Å². The molecule has 2 atom stereocenters. The number of aromatic nitrogens is 1. The Hall–Kier alpha value is -1.14. The van der Waals surface area contributed by atoms with Gasteiger partial charge in [0.2, 0.25) is 0 Å². The van der Waals surface area contributed by atoms with Crippen LogP contribution in [0.4, 0.5) is 5.82 Å². The summed E-state index contributed by atoms with van der Waals surface area (Å²) in [5, 5.41) is 16.7. The van der Waals surface area contributed by atoms with Crippen molar-refractivity contribution in [2.75, 3.05) is 37.7 Å². The third kappa shape index (κ3) is 7.52. The molecule has 3 rings (SSSR count). The molecule has 0 spiro atoms. The van der Waals surface area contributed by atoms with E-state index in [0.717, 1.165) is 42.5 Å². The van der Waals surface area contributed by atoms with Gasteiger partial charge in [0, 0.05) is 37.3 Å². The molecule has 30 heavy (non-hydrogen) atoms. The molecule has 10 heteroatoms.